The van der Waals surface area contributed by atoms with Crippen LogP contribution in [0.5, 0.6) is 11.5 Å². The van der Waals surface area contributed by atoms with E-state index >= 15 is 0 Å². The van der Waals surface area contributed by atoms with Crippen LogP contribution in [0.25, 0.3) is 33.7 Å². The van der Waals surface area contributed by atoms with Crippen LogP contribution < -0.4 is 9.47 Å². The second-order valence-corrected chi connectivity index (χ2v) is 9.71. The molecule has 0 fully saturated rings. The van der Waals surface area contributed by atoms with Gasteiger partial charge >= 0.3 is 0 Å². The first-order chi connectivity index (χ1) is 16.9. The van der Waals surface area contributed by atoms with E-state index in [4.69, 9.17) is 24.4 Å². The predicted octanol–water partition coefficient (Wildman–Crippen LogP) is 6.20. The fourth-order valence-corrected chi connectivity index (χ4v) is 4.33. The van der Waals surface area contributed by atoms with Gasteiger partial charge in [-0.2, -0.15) is 0 Å². The molecule has 0 aliphatic carbocycles. The molecule has 0 saturated heterocycles. The number of aryl methyl sites for hydroxylation is 2. The SMILES string of the molecule is COc1ccc(CCn2c(-c3ccc(C(C)(C)C)cc3)nc3nc4ccccc4nc32)cc1OC. The average Bonchev–Trinajstić information content (AvgIpc) is 3.22. The normalized spacial score (nSPS) is 11.8. The molecular formula is C29H30N4O2. The third kappa shape index (κ3) is 4.44. The number of benzene rings is 3. The Kier molecular flexibility index (Phi) is 5.89. The van der Waals surface area contributed by atoms with Gasteiger partial charge < -0.3 is 14.0 Å². The second-order valence-electron chi connectivity index (χ2n) is 9.71. The van der Waals surface area contributed by atoms with E-state index in [0.717, 1.165) is 51.6 Å². The van der Waals surface area contributed by atoms with Gasteiger partial charge in [-0.1, -0.05) is 63.2 Å². The largest absolute Gasteiger partial charge is 0.493 e. The summed E-state index contributed by atoms with van der Waals surface area (Å²) in [6.45, 7) is 7.37. The molecule has 0 aliphatic heterocycles. The molecule has 6 heteroatoms. The molecule has 0 spiro atoms. The Morgan fingerprint density at radius 1 is 0.771 bits per heavy atom. The van der Waals surface area contributed by atoms with Crippen LogP contribution in [0.15, 0.2) is 66.7 Å². The lowest BCUT2D eigenvalue weighted by molar-refractivity contribution is 0.354. The Morgan fingerprint density at radius 2 is 1.46 bits per heavy atom. The van der Waals surface area contributed by atoms with Crippen molar-refractivity contribution in [3.8, 4) is 22.9 Å². The first-order valence-corrected chi connectivity index (χ1v) is 11.8. The van der Waals surface area contributed by atoms with Gasteiger partial charge in [-0.25, -0.2) is 15.0 Å². The van der Waals surface area contributed by atoms with Crippen molar-refractivity contribution in [3.05, 3.63) is 77.9 Å². The van der Waals surface area contributed by atoms with Crippen LogP contribution in [0.2, 0.25) is 0 Å². The number of nitrogens with zero attached hydrogens (tertiary/aromatic N) is 4. The van der Waals surface area contributed by atoms with Crippen molar-refractivity contribution >= 4 is 22.3 Å². The number of rotatable bonds is 6. The lowest BCUT2D eigenvalue weighted by Crippen LogP contribution is -2.10. The first kappa shape index (κ1) is 22.8. The van der Waals surface area contributed by atoms with E-state index in [1.165, 1.54) is 5.56 Å². The highest BCUT2D eigenvalue weighted by Crippen LogP contribution is 2.30. The molecule has 35 heavy (non-hydrogen) atoms. The van der Waals surface area contributed by atoms with Crippen LogP contribution in [0.3, 0.4) is 0 Å². The Balaban J connectivity index is 1.59. The summed E-state index contributed by atoms with van der Waals surface area (Å²) in [6.07, 6.45) is 0.785. The number of fused-ring (bicyclic) bond motifs is 2. The van der Waals surface area contributed by atoms with Crippen LogP contribution in [0, 0.1) is 0 Å². The van der Waals surface area contributed by atoms with Gasteiger partial charge in [0.05, 0.1) is 25.3 Å². The van der Waals surface area contributed by atoms with Crippen molar-refractivity contribution in [2.45, 2.75) is 39.2 Å². The Bertz CT molecular complexity index is 1500. The fraction of sp³-hybridized carbons (Fsp3) is 0.276. The van der Waals surface area contributed by atoms with Crippen LogP contribution in [0.1, 0.15) is 31.9 Å². The van der Waals surface area contributed by atoms with Crippen molar-refractivity contribution in [1.29, 1.82) is 0 Å². The summed E-state index contributed by atoms with van der Waals surface area (Å²) in [5.74, 6) is 2.32. The molecule has 0 N–H and O–H groups in total. The molecule has 5 rings (SSSR count). The molecule has 0 radical (unpaired) electrons. The molecule has 5 aromatic rings. The summed E-state index contributed by atoms with van der Waals surface area (Å²) in [5, 5.41) is 0. The van der Waals surface area contributed by atoms with Gasteiger partial charge in [0.15, 0.2) is 22.8 Å². The van der Waals surface area contributed by atoms with Crippen molar-refractivity contribution in [2.24, 2.45) is 0 Å². The second kappa shape index (κ2) is 9.02. The van der Waals surface area contributed by atoms with E-state index in [0.29, 0.717) is 12.2 Å². The lowest BCUT2D eigenvalue weighted by Gasteiger charge is -2.19. The Labute approximate surface area is 205 Å². The highest BCUT2D eigenvalue weighted by atomic mass is 16.5. The molecule has 178 valence electrons. The quantitative estimate of drug-likeness (QED) is 0.298. The smallest absolute Gasteiger partial charge is 0.198 e. The molecule has 0 saturated carbocycles. The van der Waals surface area contributed by atoms with E-state index in [1.807, 2.05) is 36.4 Å². The maximum absolute atomic E-state index is 5.50. The average molecular weight is 467 g/mol. The number of imidazole rings is 1. The van der Waals surface area contributed by atoms with Crippen LogP contribution in [0.4, 0.5) is 0 Å². The molecule has 6 nitrogen and oxygen atoms in total. The lowest BCUT2D eigenvalue weighted by atomic mass is 9.87. The fourth-order valence-electron chi connectivity index (χ4n) is 4.33. The summed E-state index contributed by atoms with van der Waals surface area (Å²) in [4.78, 5) is 14.7. The number of methoxy groups -OCH3 is 2. The van der Waals surface area contributed by atoms with Crippen molar-refractivity contribution < 1.29 is 9.47 Å². The van der Waals surface area contributed by atoms with Crippen LogP contribution in [-0.2, 0) is 18.4 Å². The van der Waals surface area contributed by atoms with E-state index in [-0.39, 0.29) is 5.41 Å². The number of hydrogen-bond donors (Lipinski definition) is 0. The molecule has 0 unspecified atom stereocenters. The minimum atomic E-state index is 0.0902. The van der Waals surface area contributed by atoms with Crippen LogP contribution >= 0.6 is 0 Å². The van der Waals surface area contributed by atoms with Crippen LogP contribution in [-0.4, -0.2) is 33.7 Å². The molecule has 0 aliphatic rings. The third-order valence-corrected chi connectivity index (χ3v) is 6.34. The van der Waals surface area contributed by atoms with E-state index in [2.05, 4.69) is 55.7 Å². The molecular weight excluding hydrogens is 436 g/mol. The number of hydrogen-bond acceptors (Lipinski definition) is 5. The Hall–Kier alpha value is -3.93. The molecule has 3 aromatic carbocycles. The van der Waals surface area contributed by atoms with Crippen molar-refractivity contribution in [3.63, 3.8) is 0 Å². The van der Waals surface area contributed by atoms with Gasteiger partial charge in [0.2, 0.25) is 0 Å². The summed E-state index contributed by atoms with van der Waals surface area (Å²) < 4.78 is 13.1. The van der Waals surface area contributed by atoms with Gasteiger partial charge in [-0.05, 0) is 47.2 Å². The zero-order valence-electron chi connectivity index (χ0n) is 20.9. The summed E-state index contributed by atoms with van der Waals surface area (Å²) >= 11 is 0. The molecule has 2 heterocycles. The van der Waals surface area contributed by atoms with Gasteiger partial charge in [-0.15, -0.1) is 0 Å². The maximum atomic E-state index is 5.50. The highest BCUT2D eigenvalue weighted by molar-refractivity contribution is 5.84. The monoisotopic (exact) mass is 466 g/mol. The maximum Gasteiger partial charge on any atom is 0.198 e. The minimum Gasteiger partial charge on any atom is -0.493 e. The standard InChI is InChI=1S/C29H30N4O2/c1-29(2,3)21-13-11-20(12-14-21)27-32-26-28(31-23-9-7-6-8-22(23)30-26)33(27)17-16-19-10-15-24(34-4)25(18-19)35-5/h6-15,18H,16-17H2,1-5H3. The number of para-hydroxylation sites is 2. The van der Waals surface area contributed by atoms with Gasteiger partial charge in [0.1, 0.15) is 5.82 Å². The first-order valence-electron chi connectivity index (χ1n) is 11.8. The molecule has 0 atom stereocenters. The zero-order chi connectivity index (χ0) is 24.6. The summed E-state index contributed by atoms with van der Waals surface area (Å²) in [5.41, 5.74) is 6.73. The highest BCUT2D eigenvalue weighted by Gasteiger charge is 2.18. The van der Waals surface area contributed by atoms with E-state index in [1.54, 1.807) is 14.2 Å². The summed E-state index contributed by atoms with van der Waals surface area (Å²) in [7, 11) is 3.31. The minimum absolute atomic E-state index is 0.0902. The zero-order valence-corrected chi connectivity index (χ0v) is 20.9. The van der Waals surface area contributed by atoms with Crippen molar-refractivity contribution in [1.82, 2.24) is 19.5 Å². The van der Waals surface area contributed by atoms with E-state index in [9.17, 15) is 0 Å². The number of ether oxygens (including phenoxy) is 2. The molecule has 2 aromatic heterocycles. The van der Waals surface area contributed by atoms with Gasteiger partial charge in [0, 0.05) is 12.1 Å². The van der Waals surface area contributed by atoms with Gasteiger partial charge in [0.25, 0.3) is 0 Å². The number of aromatic nitrogens is 4. The van der Waals surface area contributed by atoms with E-state index < -0.39 is 0 Å². The molecule has 0 amide bonds. The van der Waals surface area contributed by atoms with Gasteiger partial charge in [-0.3, -0.25) is 0 Å². The summed E-state index contributed by atoms with van der Waals surface area (Å²) in [6, 6.07) is 22.6. The topological polar surface area (TPSA) is 62.1 Å². The Morgan fingerprint density at radius 3 is 2.11 bits per heavy atom. The molecule has 0 bridgehead atoms. The predicted molar refractivity (Wildman–Crippen MR) is 140 cm³/mol. The van der Waals surface area contributed by atoms with Crippen molar-refractivity contribution in [2.75, 3.05) is 14.2 Å². The third-order valence-electron chi connectivity index (χ3n) is 6.34.